The molecule has 4 aliphatic carbocycles. The Labute approximate surface area is 138 Å². The van der Waals surface area contributed by atoms with Crippen LogP contribution in [-0.2, 0) is 11.3 Å². The molecule has 5 nitrogen and oxygen atoms in total. The van der Waals surface area contributed by atoms with Crippen LogP contribution in [0.1, 0.15) is 38.5 Å². The van der Waals surface area contributed by atoms with Crippen LogP contribution in [0.3, 0.4) is 0 Å². The van der Waals surface area contributed by atoms with E-state index in [0.29, 0.717) is 0 Å². The number of hydrogen-bond acceptors (Lipinski definition) is 3. The SMILES string of the molecule is CN(C)CCn1cc(NC(=O)C23CC4CC(CC(C4)C2)C3)cn1. The minimum Gasteiger partial charge on any atom is -0.323 e. The van der Waals surface area contributed by atoms with Crippen LogP contribution in [0, 0.1) is 23.2 Å². The molecule has 0 aliphatic heterocycles. The number of anilines is 1. The van der Waals surface area contributed by atoms with Gasteiger partial charge in [-0.15, -0.1) is 0 Å². The van der Waals surface area contributed by atoms with E-state index in [1.807, 2.05) is 10.9 Å². The Hall–Kier alpha value is -1.36. The normalized spacial score (nSPS) is 35.0. The van der Waals surface area contributed by atoms with E-state index < -0.39 is 0 Å². The molecule has 4 fully saturated rings. The molecule has 1 N–H and O–H groups in total. The van der Waals surface area contributed by atoms with E-state index in [4.69, 9.17) is 0 Å². The third-order valence-electron chi connectivity index (χ3n) is 6.19. The van der Waals surface area contributed by atoms with Crippen LogP contribution in [0.25, 0.3) is 0 Å². The zero-order chi connectivity index (χ0) is 16.0. The molecule has 23 heavy (non-hydrogen) atoms. The summed E-state index contributed by atoms with van der Waals surface area (Å²) in [5, 5.41) is 7.53. The largest absolute Gasteiger partial charge is 0.323 e. The first kappa shape index (κ1) is 15.2. The van der Waals surface area contributed by atoms with Crippen molar-refractivity contribution in [1.82, 2.24) is 14.7 Å². The third-order valence-corrected chi connectivity index (χ3v) is 6.19. The predicted octanol–water partition coefficient (Wildman–Crippen LogP) is 2.60. The van der Waals surface area contributed by atoms with Crippen molar-refractivity contribution in [2.75, 3.05) is 26.0 Å². The van der Waals surface area contributed by atoms with Gasteiger partial charge in [-0.25, -0.2) is 0 Å². The Kier molecular flexibility index (Phi) is 3.71. The fourth-order valence-electron chi connectivity index (χ4n) is 5.51. The van der Waals surface area contributed by atoms with Gasteiger partial charge in [0.25, 0.3) is 0 Å². The van der Waals surface area contributed by atoms with Crippen LogP contribution < -0.4 is 5.32 Å². The van der Waals surface area contributed by atoms with Crippen LogP contribution in [0.2, 0.25) is 0 Å². The van der Waals surface area contributed by atoms with Gasteiger partial charge in [0.15, 0.2) is 0 Å². The number of carbonyl (C=O) groups excluding carboxylic acids is 1. The Balaban J connectivity index is 1.42. The number of likely N-dealkylation sites (N-methyl/N-ethyl adjacent to an activating group) is 1. The van der Waals surface area contributed by atoms with Crippen molar-refractivity contribution in [1.29, 1.82) is 0 Å². The second-order valence-electron chi connectivity index (χ2n) is 8.45. The zero-order valence-corrected chi connectivity index (χ0v) is 14.3. The van der Waals surface area contributed by atoms with Crippen LogP contribution in [-0.4, -0.2) is 41.2 Å². The molecule has 126 valence electrons. The average molecular weight is 316 g/mol. The van der Waals surface area contributed by atoms with Gasteiger partial charge in [0, 0.05) is 12.7 Å². The van der Waals surface area contributed by atoms with Gasteiger partial charge in [0.1, 0.15) is 0 Å². The molecule has 0 unspecified atom stereocenters. The Morgan fingerprint density at radius 2 is 1.87 bits per heavy atom. The molecule has 1 heterocycles. The second kappa shape index (κ2) is 5.62. The maximum atomic E-state index is 13.0. The van der Waals surface area contributed by atoms with Crippen molar-refractivity contribution in [3.63, 3.8) is 0 Å². The van der Waals surface area contributed by atoms with Crippen molar-refractivity contribution >= 4 is 11.6 Å². The van der Waals surface area contributed by atoms with Gasteiger partial charge in [-0.3, -0.25) is 9.48 Å². The summed E-state index contributed by atoms with van der Waals surface area (Å²) in [4.78, 5) is 15.1. The van der Waals surface area contributed by atoms with E-state index in [9.17, 15) is 4.79 Å². The minimum atomic E-state index is -0.0829. The van der Waals surface area contributed by atoms with Crippen LogP contribution >= 0.6 is 0 Å². The molecule has 0 radical (unpaired) electrons. The van der Waals surface area contributed by atoms with Gasteiger partial charge in [-0.2, -0.15) is 5.10 Å². The Morgan fingerprint density at radius 3 is 2.43 bits per heavy atom. The number of nitrogens with one attached hydrogen (secondary N) is 1. The highest BCUT2D eigenvalue weighted by Gasteiger charge is 2.54. The van der Waals surface area contributed by atoms with E-state index >= 15 is 0 Å². The molecule has 4 aliphatic rings. The summed E-state index contributed by atoms with van der Waals surface area (Å²) in [7, 11) is 4.11. The molecule has 1 aromatic heterocycles. The lowest BCUT2D eigenvalue weighted by Gasteiger charge is -2.55. The van der Waals surface area contributed by atoms with Crippen LogP contribution in [0.5, 0.6) is 0 Å². The zero-order valence-electron chi connectivity index (χ0n) is 14.3. The van der Waals surface area contributed by atoms with E-state index in [1.165, 1.54) is 19.3 Å². The van der Waals surface area contributed by atoms with Gasteiger partial charge in [0.2, 0.25) is 5.91 Å². The average Bonchev–Trinajstić information content (AvgIpc) is 2.91. The fourth-order valence-corrected chi connectivity index (χ4v) is 5.51. The number of rotatable bonds is 5. The van der Waals surface area contributed by atoms with E-state index in [-0.39, 0.29) is 11.3 Å². The van der Waals surface area contributed by atoms with Crippen molar-refractivity contribution in [2.24, 2.45) is 23.2 Å². The van der Waals surface area contributed by atoms with Crippen LogP contribution in [0.15, 0.2) is 12.4 Å². The summed E-state index contributed by atoms with van der Waals surface area (Å²) in [6.07, 6.45) is 11.2. The highest BCUT2D eigenvalue weighted by molar-refractivity contribution is 5.95. The first-order valence-corrected chi connectivity index (χ1v) is 9.01. The molecule has 4 bridgehead atoms. The third kappa shape index (κ3) is 2.91. The Bertz CT molecular complexity index is 556. The number of aromatic nitrogens is 2. The van der Waals surface area contributed by atoms with Gasteiger partial charge in [-0.1, -0.05) is 0 Å². The standard InChI is InChI=1S/C18H28N4O/c1-21(2)3-4-22-12-16(11-19-22)20-17(23)18-8-13-5-14(9-18)7-15(6-13)10-18/h11-15H,3-10H2,1-2H3,(H,20,23). The van der Waals surface area contributed by atoms with Gasteiger partial charge < -0.3 is 10.2 Å². The van der Waals surface area contributed by atoms with E-state index in [1.54, 1.807) is 6.20 Å². The monoisotopic (exact) mass is 316 g/mol. The molecule has 0 spiro atoms. The maximum absolute atomic E-state index is 13.0. The molecule has 0 saturated heterocycles. The van der Waals surface area contributed by atoms with Crippen molar-refractivity contribution in [2.45, 2.75) is 45.1 Å². The lowest BCUT2D eigenvalue weighted by atomic mass is 9.49. The highest BCUT2D eigenvalue weighted by atomic mass is 16.2. The second-order valence-corrected chi connectivity index (χ2v) is 8.45. The number of carbonyl (C=O) groups is 1. The first-order valence-electron chi connectivity index (χ1n) is 9.01. The molecule has 4 saturated carbocycles. The molecule has 5 rings (SSSR count). The minimum absolute atomic E-state index is 0.0829. The summed E-state index contributed by atoms with van der Waals surface area (Å²) in [5.74, 6) is 2.66. The molecule has 1 aromatic rings. The van der Waals surface area contributed by atoms with Crippen LogP contribution in [0.4, 0.5) is 5.69 Å². The quantitative estimate of drug-likeness (QED) is 0.908. The van der Waals surface area contributed by atoms with Gasteiger partial charge in [-0.05, 0) is 70.4 Å². The van der Waals surface area contributed by atoms with Crippen molar-refractivity contribution in [3.8, 4) is 0 Å². The highest BCUT2D eigenvalue weighted by Crippen LogP contribution is 2.60. The summed E-state index contributed by atoms with van der Waals surface area (Å²) < 4.78 is 1.91. The fraction of sp³-hybridized carbons (Fsp3) is 0.778. The van der Waals surface area contributed by atoms with Gasteiger partial charge in [0.05, 0.1) is 23.8 Å². The molecule has 5 heteroatoms. The summed E-state index contributed by atoms with van der Waals surface area (Å²) in [5.41, 5.74) is 0.769. The number of amides is 1. The maximum Gasteiger partial charge on any atom is 0.230 e. The summed E-state index contributed by atoms with van der Waals surface area (Å²) in [6, 6.07) is 0. The smallest absolute Gasteiger partial charge is 0.230 e. The first-order chi connectivity index (χ1) is 11.0. The van der Waals surface area contributed by atoms with Crippen molar-refractivity contribution in [3.05, 3.63) is 12.4 Å². The predicted molar refractivity (Wildman–Crippen MR) is 90.0 cm³/mol. The number of nitrogens with zero attached hydrogens (tertiary/aromatic N) is 3. The molecular formula is C18H28N4O. The van der Waals surface area contributed by atoms with E-state index in [0.717, 1.165) is 55.8 Å². The lowest BCUT2D eigenvalue weighted by molar-refractivity contribution is -0.140. The topological polar surface area (TPSA) is 50.2 Å². The number of hydrogen-bond donors (Lipinski definition) is 1. The molecule has 0 atom stereocenters. The molecular weight excluding hydrogens is 288 g/mol. The Morgan fingerprint density at radius 1 is 1.26 bits per heavy atom. The molecule has 0 aromatic carbocycles. The van der Waals surface area contributed by atoms with E-state index in [2.05, 4.69) is 29.4 Å². The van der Waals surface area contributed by atoms with Gasteiger partial charge >= 0.3 is 0 Å². The summed E-state index contributed by atoms with van der Waals surface area (Å²) in [6.45, 7) is 1.80. The molecule has 1 amide bonds. The van der Waals surface area contributed by atoms with Crippen molar-refractivity contribution < 1.29 is 4.79 Å². The lowest BCUT2D eigenvalue weighted by Crippen LogP contribution is -2.51. The summed E-state index contributed by atoms with van der Waals surface area (Å²) >= 11 is 0.